The summed E-state index contributed by atoms with van der Waals surface area (Å²) in [6.45, 7) is 3.66. The lowest BCUT2D eigenvalue weighted by atomic mass is 10.0. The van der Waals surface area contributed by atoms with Gasteiger partial charge in [-0.2, -0.15) is 0 Å². The summed E-state index contributed by atoms with van der Waals surface area (Å²) in [5.41, 5.74) is 7.09. The highest BCUT2D eigenvalue weighted by molar-refractivity contribution is 5.83. The number of carbonyl (C=O) groups is 1. The molecule has 0 aromatic heterocycles. The topological polar surface area (TPSA) is 87.7 Å². The summed E-state index contributed by atoms with van der Waals surface area (Å²) in [5.74, 6) is 0.405. The SMILES string of the molecule is CC=N/C(NC(=O)CN)=C(\CC)c1ccc(O)cc1. The Bertz CT molecular complexity index is 490. The first kappa shape index (κ1) is 14.9. The largest absolute Gasteiger partial charge is 0.508 e. The van der Waals surface area contributed by atoms with Crippen molar-refractivity contribution in [3.8, 4) is 5.75 Å². The van der Waals surface area contributed by atoms with Gasteiger partial charge in [0.15, 0.2) is 0 Å². The Kier molecular flexibility index (Phi) is 5.75. The van der Waals surface area contributed by atoms with E-state index in [0.29, 0.717) is 12.2 Å². The summed E-state index contributed by atoms with van der Waals surface area (Å²) < 4.78 is 0. The number of aliphatic imine (C=N–C) groups is 1. The summed E-state index contributed by atoms with van der Waals surface area (Å²) in [6.07, 6.45) is 2.31. The summed E-state index contributed by atoms with van der Waals surface area (Å²) in [5, 5.41) is 12.0. The van der Waals surface area contributed by atoms with Crippen LogP contribution >= 0.6 is 0 Å². The summed E-state index contributed by atoms with van der Waals surface area (Å²) in [4.78, 5) is 15.6. The fraction of sp³-hybridized carbons (Fsp3) is 0.286. The average molecular weight is 261 g/mol. The number of nitrogens with two attached hydrogens (primary N) is 1. The zero-order chi connectivity index (χ0) is 14.3. The van der Waals surface area contributed by atoms with Gasteiger partial charge in [-0.05, 0) is 31.0 Å². The fourth-order valence-corrected chi connectivity index (χ4v) is 1.67. The van der Waals surface area contributed by atoms with Crippen molar-refractivity contribution in [2.45, 2.75) is 20.3 Å². The van der Waals surface area contributed by atoms with Crippen molar-refractivity contribution in [3.05, 3.63) is 35.6 Å². The van der Waals surface area contributed by atoms with Gasteiger partial charge in [-0.3, -0.25) is 4.79 Å². The Balaban J connectivity index is 3.21. The molecule has 4 N–H and O–H groups in total. The van der Waals surface area contributed by atoms with Crippen LogP contribution in [0.5, 0.6) is 5.75 Å². The molecular formula is C14H19N3O2. The van der Waals surface area contributed by atoms with Crippen LogP contribution in [-0.4, -0.2) is 23.8 Å². The zero-order valence-electron chi connectivity index (χ0n) is 11.2. The predicted octanol–water partition coefficient (Wildman–Crippen LogP) is 1.64. The van der Waals surface area contributed by atoms with Gasteiger partial charge in [-0.1, -0.05) is 19.1 Å². The van der Waals surface area contributed by atoms with Gasteiger partial charge in [-0.25, -0.2) is 4.99 Å². The monoisotopic (exact) mass is 261 g/mol. The van der Waals surface area contributed by atoms with E-state index in [1.807, 2.05) is 6.92 Å². The number of phenols is 1. The quantitative estimate of drug-likeness (QED) is 0.704. The maximum atomic E-state index is 11.4. The second-order valence-electron chi connectivity index (χ2n) is 3.87. The number of carbonyl (C=O) groups excluding carboxylic acids is 1. The lowest BCUT2D eigenvalue weighted by Gasteiger charge is -2.12. The van der Waals surface area contributed by atoms with Gasteiger partial charge < -0.3 is 16.2 Å². The van der Waals surface area contributed by atoms with Gasteiger partial charge in [0.25, 0.3) is 0 Å². The van der Waals surface area contributed by atoms with E-state index in [0.717, 1.165) is 11.1 Å². The van der Waals surface area contributed by atoms with E-state index in [2.05, 4.69) is 10.3 Å². The molecule has 5 heteroatoms. The first-order valence-corrected chi connectivity index (χ1v) is 6.13. The Labute approximate surface area is 112 Å². The molecule has 0 spiro atoms. The van der Waals surface area contributed by atoms with Crippen molar-refractivity contribution in [1.82, 2.24) is 5.32 Å². The lowest BCUT2D eigenvalue weighted by molar-refractivity contribution is -0.119. The smallest absolute Gasteiger partial charge is 0.239 e. The fourth-order valence-electron chi connectivity index (χ4n) is 1.67. The molecule has 0 bridgehead atoms. The summed E-state index contributed by atoms with van der Waals surface area (Å²) >= 11 is 0. The number of aromatic hydroxyl groups is 1. The molecule has 0 aliphatic heterocycles. The number of amides is 1. The van der Waals surface area contributed by atoms with Crippen LogP contribution in [0.1, 0.15) is 25.8 Å². The minimum absolute atomic E-state index is 0.0880. The number of hydrogen-bond acceptors (Lipinski definition) is 4. The van der Waals surface area contributed by atoms with Crippen molar-refractivity contribution in [2.75, 3.05) is 6.54 Å². The van der Waals surface area contributed by atoms with E-state index >= 15 is 0 Å². The van der Waals surface area contributed by atoms with Crippen molar-refractivity contribution in [3.63, 3.8) is 0 Å². The highest BCUT2D eigenvalue weighted by Gasteiger charge is 2.09. The van der Waals surface area contributed by atoms with Crippen LogP contribution in [0.3, 0.4) is 0 Å². The van der Waals surface area contributed by atoms with E-state index in [-0.39, 0.29) is 18.2 Å². The Morgan fingerprint density at radius 2 is 2.05 bits per heavy atom. The van der Waals surface area contributed by atoms with E-state index in [1.165, 1.54) is 0 Å². The number of allylic oxidation sites excluding steroid dienone is 1. The maximum Gasteiger partial charge on any atom is 0.239 e. The summed E-state index contributed by atoms with van der Waals surface area (Å²) in [6, 6.07) is 6.77. The molecule has 0 aliphatic rings. The van der Waals surface area contributed by atoms with Crippen molar-refractivity contribution >= 4 is 17.7 Å². The highest BCUT2D eigenvalue weighted by atomic mass is 16.3. The molecule has 0 fully saturated rings. The van der Waals surface area contributed by atoms with Crippen molar-refractivity contribution in [1.29, 1.82) is 0 Å². The van der Waals surface area contributed by atoms with Crippen LogP contribution < -0.4 is 11.1 Å². The molecule has 0 saturated carbocycles. The Morgan fingerprint density at radius 1 is 1.42 bits per heavy atom. The maximum absolute atomic E-state index is 11.4. The molecule has 0 aliphatic carbocycles. The third kappa shape index (κ3) is 4.22. The first-order valence-electron chi connectivity index (χ1n) is 6.13. The molecule has 0 radical (unpaired) electrons. The number of hydrogen-bond donors (Lipinski definition) is 3. The second kappa shape index (κ2) is 7.33. The van der Waals surface area contributed by atoms with Crippen molar-refractivity contribution in [2.24, 2.45) is 10.7 Å². The van der Waals surface area contributed by atoms with Crippen LogP contribution in [0.4, 0.5) is 0 Å². The first-order chi connectivity index (χ1) is 9.12. The van der Waals surface area contributed by atoms with E-state index in [1.54, 1.807) is 37.4 Å². The van der Waals surface area contributed by atoms with Gasteiger partial charge in [0, 0.05) is 11.8 Å². The van der Waals surface area contributed by atoms with E-state index in [9.17, 15) is 9.90 Å². The molecule has 1 amide bonds. The second-order valence-corrected chi connectivity index (χ2v) is 3.87. The zero-order valence-corrected chi connectivity index (χ0v) is 11.2. The molecule has 1 rings (SSSR count). The lowest BCUT2D eigenvalue weighted by Crippen LogP contribution is -2.29. The van der Waals surface area contributed by atoms with Gasteiger partial charge in [-0.15, -0.1) is 0 Å². The number of benzene rings is 1. The molecular weight excluding hydrogens is 242 g/mol. The Hall–Kier alpha value is -2.14. The van der Waals surface area contributed by atoms with Crippen LogP contribution in [0.2, 0.25) is 0 Å². The van der Waals surface area contributed by atoms with Gasteiger partial charge in [0.05, 0.1) is 6.54 Å². The highest BCUT2D eigenvalue weighted by Crippen LogP contribution is 2.23. The standard InChI is InChI=1S/C14H19N3O2/c1-3-12(10-5-7-11(18)8-6-10)14(16-4-2)17-13(19)9-15/h4-8,18H,3,9,15H2,1-2H3,(H,17,19)/b14-12-,16-4?. The number of nitrogens with one attached hydrogen (secondary N) is 1. The van der Waals surface area contributed by atoms with Crippen LogP contribution in [0.15, 0.2) is 35.1 Å². The van der Waals surface area contributed by atoms with Crippen molar-refractivity contribution < 1.29 is 9.90 Å². The normalized spacial score (nSPS) is 12.4. The molecule has 0 heterocycles. The summed E-state index contributed by atoms with van der Waals surface area (Å²) in [7, 11) is 0. The minimum Gasteiger partial charge on any atom is -0.508 e. The molecule has 1 aromatic carbocycles. The third-order valence-corrected chi connectivity index (χ3v) is 2.56. The molecule has 0 unspecified atom stereocenters. The third-order valence-electron chi connectivity index (χ3n) is 2.56. The molecule has 0 saturated heterocycles. The number of phenolic OH excluding ortho intramolecular Hbond substituents is 1. The molecule has 19 heavy (non-hydrogen) atoms. The molecule has 5 nitrogen and oxygen atoms in total. The average Bonchev–Trinajstić information content (AvgIpc) is 2.41. The Morgan fingerprint density at radius 3 is 2.53 bits per heavy atom. The van der Waals surface area contributed by atoms with Crippen LogP contribution in [0.25, 0.3) is 5.57 Å². The number of nitrogens with zero attached hydrogens (tertiary/aromatic N) is 1. The van der Waals surface area contributed by atoms with Gasteiger partial charge in [0.2, 0.25) is 5.91 Å². The van der Waals surface area contributed by atoms with Crippen LogP contribution in [0, 0.1) is 0 Å². The van der Waals surface area contributed by atoms with Gasteiger partial charge in [0.1, 0.15) is 11.6 Å². The van der Waals surface area contributed by atoms with Gasteiger partial charge >= 0.3 is 0 Å². The van der Waals surface area contributed by atoms with E-state index < -0.39 is 0 Å². The van der Waals surface area contributed by atoms with E-state index in [4.69, 9.17) is 5.73 Å². The molecule has 1 aromatic rings. The molecule has 0 atom stereocenters. The molecule has 102 valence electrons. The number of rotatable bonds is 5. The predicted molar refractivity (Wildman–Crippen MR) is 76.7 cm³/mol. The minimum atomic E-state index is -0.287. The van der Waals surface area contributed by atoms with Crippen LogP contribution in [-0.2, 0) is 4.79 Å².